The van der Waals surface area contributed by atoms with Crippen molar-refractivity contribution >= 4 is 49.6 Å². The van der Waals surface area contributed by atoms with E-state index in [0.29, 0.717) is 33.1 Å². The van der Waals surface area contributed by atoms with Crippen LogP contribution in [0, 0.1) is 10.8 Å². The Hall–Kier alpha value is -3.93. The van der Waals surface area contributed by atoms with Gasteiger partial charge in [-0.3, -0.25) is 0 Å². The Morgan fingerprint density at radius 2 is 1.75 bits per heavy atom. The van der Waals surface area contributed by atoms with Gasteiger partial charge < -0.3 is 14.2 Å². The molecule has 0 radical (unpaired) electrons. The molecular weight excluding hydrogens is 404 g/mol. The first-order valence-electron chi connectivity index (χ1n) is 10.6. The van der Waals surface area contributed by atoms with Crippen LogP contribution in [0.4, 0.5) is 5.69 Å². The van der Waals surface area contributed by atoms with Gasteiger partial charge in [0.1, 0.15) is 11.4 Å². The van der Waals surface area contributed by atoms with E-state index in [1.54, 1.807) is 28.7 Å². The molecule has 1 N–H and O–H groups in total. The molecule has 0 fully saturated rings. The third kappa shape index (κ3) is 2.99. The summed E-state index contributed by atoms with van der Waals surface area (Å²) in [5.74, 6) is -0.156. The summed E-state index contributed by atoms with van der Waals surface area (Å²) in [6.07, 6.45) is 2.59. The van der Waals surface area contributed by atoms with Gasteiger partial charge >= 0.3 is 5.97 Å². The van der Waals surface area contributed by atoms with Crippen LogP contribution in [0.3, 0.4) is 0 Å². The van der Waals surface area contributed by atoms with E-state index in [0.717, 1.165) is 17.2 Å². The Balaban J connectivity index is 1.93. The lowest BCUT2D eigenvalue weighted by Gasteiger charge is -2.08. The topological polar surface area (TPSA) is 80.4 Å². The Kier molecular flexibility index (Phi) is 4.78. The number of phenols is 1. The fourth-order valence-electron chi connectivity index (χ4n) is 4.31. The van der Waals surface area contributed by atoms with Gasteiger partial charge in [-0.25, -0.2) is 4.79 Å². The molecule has 3 aromatic carbocycles. The summed E-state index contributed by atoms with van der Waals surface area (Å²) in [5.41, 5.74) is 1.29. The van der Waals surface area contributed by atoms with E-state index in [1.807, 2.05) is 36.5 Å². The average molecular weight is 426 g/mol. The molecule has 0 atom stereocenters. The Morgan fingerprint density at radius 1 is 1.06 bits per heavy atom. The maximum absolute atomic E-state index is 13.3. The van der Waals surface area contributed by atoms with Crippen LogP contribution < -0.4 is 0 Å². The zero-order valence-electron chi connectivity index (χ0n) is 17.8. The molecule has 32 heavy (non-hydrogen) atoms. The maximum Gasteiger partial charge on any atom is 0.341 e. The van der Waals surface area contributed by atoms with Crippen LogP contribution in [0.15, 0.2) is 66.0 Å². The fraction of sp³-hybridized carbons (Fsp3) is 0.192. The minimum Gasteiger partial charge on any atom is -0.505 e. The third-order valence-electron chi connectivity index (χ3n) is 5.92. The summed E-state index contributed by atoms with van der Waals surface area (Å²) in [4.78, 5) is 25.3. The molecule has 5 rings (SSSR count). The van der Waals surface area contributed by atoms with Crippen LogP contribution in [-0.4, -0.2) is 22.1 Å². The van der Waals surface area contributed by atoms with Gasteiger partial charge in [-0.2, -0.15) is 0 Å². The second-order valence-corrected chi connectivity index (χ2v) is 8.41. The molecule has 6 nitrogen and oxygen atoms in total. The normalized spacial score (nSPS) is 11.7. The van der Waals surface area contributed by atoms with E-state index in [9.17, 15) is 14.8 Å². The SMILES string of the molecule is CC(C)CCOC(=O)c1c2c(N=O)c3ccccc3c(O)c2n2cc3ccccc3cc12. The Bertz CT molecular complexity index is 1530. The summed E-state index contributed by atoms with van der Waals surface area (Å²) >= 11 is 0. The molecule has 0 spiro atoms. The second kappa shape index (κ2) is 7.64. The molecule has 0 amide bonds. The van der Waals surface area contributed by atoms with Crippen LogP contribution >= 0.6 is 0 Å². The van der Waals surface area contributed by atoms with E-state index in [4.69, 9.17) is 4.74 Å². The lowest BCUT2D eigenvalue weighted by Crippen LogP contribution is -2.08. The number of carbonyl (C=O) groups excluding carboxylic acids is 1. The highest BCUT2D eigenvalue weighted by molar-refractivity contribution is 6.24. The number of hydrogen-bond acceptors (Lipinski definition) is 5. The van der Waals surface area contributed by atoms with Gasteiger partial charge in [0.05, 0.1) is 23.2 Å². The van der Waals surface area contributed by atoms with E-state index in [2.05, 4.69) is 19.0 Å². The number of ether oxygens (including phenoxy) is 1. The Morgan fingerprint density at radius 3 is 2.47 bits per heavy atom. The number of hydrogen-bond donors (Lipinski definition) is 1. The summed E-state index contributed by atoms with van der Waals surface area (Å²) in [5, 5.41) is 17.7. The van der Waals surface area contributed by atoms with Crippen molar-refractivity contribution in [2.75, 3.05) is 6.61 Å². The highest BCUT2D eigenvalue weighted by Gasteiger charge is 2.27. The quantitative estimate of drug-likeness (QED) is 0.250. The van der Waals surface area contributed by atoms with Crippen molar-refractivity contribution in [2.45, 2.75) is 20.3 Å². The number of esters is 1. The van der Waals surface area contributed by atoms with Crippen LogP contribution in [-0.2, 0) is 4.74 Å². The number of aromatic hydroxyl groups is 1. The molecule has 0 aliphatic rings. The molecule has 6 heteroatoms. The maximum atomic E-state index is 13.3. The van der Waals surface area contributed by atoms with Gasteiger partial charge in [-0.1, -0.05) is 62.4 Å². The number of carbonyl (C=O) groups is 1. The molecule has 5 aromatic rings. The number of benzene rings is 3. The first-order valence-corrected chi connectivity index (χ1v) is 10.6. The van der Waals surface area contributed by atoms with Crippen molar-refractivity contribution in [2.24, 2.45) is 11.1 Å². The lowest BCUT2D eigenvalue weighted by molar-refractivity contribution is 0.0492. The van der Waals surface area contributed by atoms with Gasteiger partial charge in [-0.05, 0) is 34.4 Å². The molecule has 0 unspecified atom stereocenters. The van der Waals surface area contributed by atoms with Gasteiger partial charge in [0.25, 0.3) is 0 Å². The zero-order valence-corrected chi connectivity index (χ0v) is 17.8. The number of fused-ring (bicyclic) bond motifs is 5. The van der Waals surface area contributed by atoms with E-state index >= 15 is 0 Å². The largest absolute Gasteiger partial charge is 0.505 e. The van der Waals surface area contributed by atoms with Crippen molar-refractivity contribution in [1.29, 1.82) is 0 Å². The highest BCUT2D eigenvalue weighted by atomic mass is 16.5. The average Bonchev–Trinajstić information content (AvgIpc) is 3.12. The monoisotopic (exact) mass is 426 g/mol. The summed E-state index contributed by atoms with van der Waals surface area (Å²) in [6, 6.07) is 16.7. The number of phenolic OH excluding ortho intramolecular Hbond substituents is 1. The number of rotatable bonds is 5. The van der Waals surface area contributed by atoms with Crippen molar-refractivity contribution < 1.29 is 14.6 Å². The van der Waals surface area contributed by atoms with E-state index in [1.165, 1.54) is 0 Å². The van der Waals surface area contributed by atoms with E-state index in [-0.39, 0.29) is 23.6 Å². The van der Waals surface area contributed by atoms with Crippen LogP contribution in [0.5, 0.6) is 5.75 Å². The number of pyridine rings is 1. The minimum absolute atomic E-state index is 0.00508. The summed E-state index contributed by atoms with van der Waals surface area (Å²) in [6.45, 7) is 4.38. The highest BCUT2D eigenvalue weighted by Crippen LogP contribution is 2.46. The molecule has 0 saturated carbocycles. The molecule has 0 saturated heterocycles. The third-order valence-corrected chi connectivity index (χ3v) is 5.92. The van der Waals surface area contributed by atoms with E-state index < -0.39 is 5.97 Å². The molecule has 0 bridgehead atoms. The molecular formula is C26H22N2O4. The smallest absolute Gasteiger partial charge is 0.341 e. The fourth-order valence-corrected chi connectivity index (χ4v) is 4.31. The molecule has 0 aliphatic carbocycles. The lowest BCUT2D eigenvalue weighted by atomic mass is 10.0. The molecule has 160 valence electrons. The number of aromatic nitrogens is 1. The Labute approximate surface area is 184 Å². The predicted molar refractivity (Wildman–Crippen MR) is 127 cm³/mol. The van der Waals surface area contributed by atoms with Gasteiger partial charge in [0.2, 0.25) is 0 Å². The van der Waals surface area contributed by atoms with Gasteiger partial charge in [-0.15, -0.1) is 4.91 Å². The first-order chi connectivity index (χ1) is 15.5. The predicted octanol–water partition coefficient (Wildman–Crippen LogP) is 6.71. The summed E-state index contributed by atoms with van der Waals surface area (Å²) < 4.78 is 7.36. The standard InChI is InChI=1S/C26H22N2O4/c1-15(2)11-12-32-26(30)21-20-13-16-7-3-4-8-17(16)14-28(20)24-22(21)23(27-31)18-9-5-6-10-19(18)25(24)29/h3-10,13-15,29H,11-12H2,1-2H3. The number of nitroso groups, excluding NO2 is 1. The molecule has 2 aromatic heterocycles. The minimum atomic E-state index is -0.534. The van der Waals surface area contributed by atoms with Crippen LogP contribution in [0.1, 0.15) is 30.6 Å². The molecule has 2 heterocycles. The first kappa shape index (κ1) is 20.0. The van der Waals surface area contributed by atoms with Gasteiger partial charge in [0, 0.05) is 22.4 Å². The summed E-state index contributed by atoms with van der Waals surface area (Å²) in [7, 11) is 0. The van der Waals surface area contributed by atoms with Crippen molar-refractivity contribution in [1.82, 2.24) is 4.40 Å². The van der Waals surface area contributed by atoms with Crippen molar-refractivity contribution in [3.05, 3.63) is 71.3 Å². The molecule has 0 aliphatic heterocycles. The van der Waals surface area contributed by atoms with Crippen molar-refractivity contribution in [3.8, 4) is 5.75 Å². The second-order valence-electron chi connectivity index (χ2n) is 8.41. The number of nitrogens with zero attached hydrogens (tertiary/aromatic N) is 2. The van der Waals surface area contributed by atoms with Crippen LogP contribution in [0.25, 0.3) is 38.0 Å². The van der Waals surface area contributed by atoms with Crippen molar-refractivity contribution in [3.63, 3.8) is 0 Å². The van der Waals surface area contributed by atoms with Gasteiger partial charge in [0.15, 0.2) is 0 Å². The zero-order chi connectivity index (χ0) is 22.4. The van der Waals surface area contributed by atoms with Crippen LogP contribution in [0.2, 0.25) is 0 Å².